The lowest BCUT2D eigenvalue weighted by Crippen LogP contribution is -1.99. The molecule has 40 heavy (non-hydrogen) atoms. The Bertz CT molecular complexity index is 2460. The van der Waals surface area contributed by atoms with Gasteiger partial charge in [0, 0.05) is 28.3 Å². The Labute approximate surface area is 229 Å². The maximum Gasteiger partial charge on any atom is 0.136 e. The Kier molecular flexibility index (Phi) is 4.31. The van der Waals surface area contributed by atoms with E-state index in [0.717, 1.165) is 45.5 Å². The second kappa shape index (κ2) is 7.93. The van der Waals surface area contributed by atoms with Gasteiger partial charge >= 0.3 is 0 Å². The molecule has 2 aromatic heterocycles. The number of furan rings is 1. The first kappa shape index (κ1) is 21.7. The number of fused-ring (bicyclic) bond motifs is 13. The summed E-state index contributed by atoms with van der Waals surface area (Å²) in [7, 11) is 0. The molecule has 0 spiro atoms. The van der Waals surface area contributed by atoms with Crippen LogP contribution in [0.3, 0.4) is 0 Å². The molecule has 0 radical (unpaired) electrons. The molecule has 3 heteroatoms. The van der Waals surface area contributed by atoms with Crippen LogP contribution < -0.4 is 0 Å². The average Bonchev–Trinajstić information content (AvgIpc) is 3.58. The van der Waals surface area contributed by atoms with Crippen molar-refractivity contribution in [3.05, 3.63) is 121 Å². The fourth-order valence-electron chi connectivity index (χ4n) is 6.81. The molecule has 0 aliphatic carbocycles. The van der Waals surface area contributed by atoms with E-state index in [2.05, 4.69) is 127 Å². The molecule has 0 aliphatic rings. The van der Waals surface area contributed by atoms with Gasteiger partial charge in [0.1, 0.15) is 17.0 Å². The second-order valence-electron chi connectivity index (χ2n) is 10.6. The number of rotatable bonds is 2. The fourth-order valence-corrected chi connectivity index (χ4v) is 6.81. The van der Waals surface area contributed by atoms with Crippen molar-refractivity contribution in [1.82, 2.24) is 9.55 Å². The number of hydrogen-bond donors (Lipinski definition) is 0. The van der Waals surface area contributed by atoms with Gasteiger partial charge in [-0.15, -0.1) is 0 Å². The molecule has 0 atom stereocenters. The smallest absolute Gasteiger partial charge is 0.136 e. The number of nitrogens with zero attached hydrogens (tertiary/aromatic N) is 2. The number of aryl methyl sites for hydroxylation is 1. The van der Waals surface area contributed by atoms with Crippen LogP contribution in [0.4, 0.5) is 0 Å². The molecule has 0 amide bonds. The van der Waals surface area contributed by atoms with Crippen LogP contribution in [0.2, 0.25) is 0 Å². The van der Waals surface area contributed by atoms with Crippen LogP contribution in [0.15, 0.2) is 120 Å². The van der Waals surface area contributed by atoms with Crippen molar-refractivity contribution in [2.45, 2.75) is 13.3 Å². The monoisotopic (exact) mass is 512 g/mol. The Balaban J connectivity index is 1.46. The minimum atomic E-state index is 0.854. The van der Waals surface area contributed by atoms with E-state index in [4.69, 9.17) is 9.40 Å². The van der Waals surface area contributed by atoms with Gasteiger partial charge in [0.2, 0.25) is 0 Å². The summed E-state index contributed by atoms with van der Waals surface area (Å²) >= 11 is 0. The third-order valence-corrected chi connectivity index (χ3v) is 8.51. The summed E-state index contributed by atoms with van der Waals surface area (Å²) in [5, 5.41) is 12.5. The van der Waals surface area contributed by atoms with E-state index >= 15 is 0 Å². The number of imidazole rings is 1. The molecule has 0 unspecified atom stereocenters. The molecular formula is C37H24N2O. The Morgan fingerprint density at radius 3 is 2.12 bits per heavy atom. The summed E-state index contributed by atoms with van der Waals surface area (Å²) in [6.07, 6.45) is 0.854. The lowest BCUT2D eigenvalue weighted by Gasteiger charge is -2.13. The van der Waals surface area contributed by atoms with Crippen LogP contribution in [0.25, 0.3) is 81.7 Å². The third kappa shape index (κ3) is 2.81. The Morgan fingerprint density at radius 2 is 1.25 bits per heavy atom. The maximum absolute atomic E-state index is 6.48. The van der Waals surface area contributed by atoms with Crippen LogP contribution in [0.1, 0.15) is 12.7 Å². The summed E-state index contributed by atoms with van der Waals surface area (Å²) in [5.74, 6) is 1.06. The highest BCUT2D eigenvalue weighted by Crippen LogP contribution is 2.44. The first-order chi connectivity index (χ1) is 19.8. The van der Waals surface area contributed by atoms with E-state index in [-0.39, 0.29) is 0 Å². The highest BCUT2D eigenvalue weighted by molar-refractivity contribution is 6.37. The number of para-hydroxylation sites is 2. The van der Waals surface area contributed by atoms with E-state index < -0.39 is 0 Å². The zero-order valence-electron chi connectivity index (χ0n) is 22.0. The largest absolute Gasteiger partial charge is 0.456 e. The lowest BCUT2D eigenvalue weighted by atomic mass is 9.89. The third-order valence-electron chi connectivity index (χ3n) is 8.51. The normalized spacial score (nSPS) is 12.2. The van der Waals surface area contributed by atoms with Gasteiger partial charge in [-0.2, -0.15) is 0 Å². The minimum Gasteiger partial charge on any atom is -0.456 e. The zero-order valence-corrected chi connectivity index (χ0v) is 22.0. The lowest BCUT2D eigenvalue weighted by molar-refractivity contribution is 0.669. The molecule has 0 saturated heterocycles. The summed E-state index contributed by atoms with van der Waals surface area (Å²) in [6, 6.07) is 41.4. The fraction of sp³-hybridized carbons (Fsp3) is 0.0541. The molecule has 9 rings (SSSR count). The number of benzene rings is 7. The molecule has 188 valence electrons. The average molecular weight is 513 g/mol. The van der Waals surface area contributed by atoms with Crippen LogP contribution in [-0.4, -0.2) is 9.55 Å². The van der Waals surface area contributed by atoms with Gasteiger partial charge in [-0.05, 0) is 80.2 Å². The number of aromatic nitrogens is 2. The molecule has 0 aliphatic heterocycles. The number of hydrogen-bond acceptors (Lipinski definition) is 2. The maximum atomic E-state index is 6.48. The standard InChI is InChI=1S/C37H24N2O/c1-2-34-38-30-13-7-8-14-31(30)39(34)23-16-19-32-29(21-23)37-33(40-32)20-18-28-27-17-15-22-9-3-4-10-24(22)35(27)25-11-5-6-12-26(25)36(28)37/h3-21H,2H2,1H3. The minimum absolute atomic E-state index is 0.854. The van der Waals surface area contributed by atoms with Crippen LogP contribution >= 0.6 is 0 Å². The summed E-state index contributed by atoms with van der Waals surface area (Å²) in [6.45, 7) is 2.16. The Morgan fingerprint density at radius 1 is 0.575 bits per heavy atom. The van der Waals surface area contributed by atoms with Gasteiger partial charge < -0.3 is 4.42 Å². The molecule has 3 nitrogen and oxygen atoms in total. The van der Waals surface area contributed by atoms with Gasteiger partial charge in [-0.1, -0.05) is 79.7 Å². The SMILES string of the molecule is CCc1nc2ccccc2n1-c1ccc2oc3ccc4c5ccc6ccccc6c5c5ccccc5c4c3c2c1. The Hall–Kier alpha value is -5.15. The molecule has 2 heterocycles. The summed E-state index contributed by atoms with van der Waals surface area (Å²) in [5.41, 5.74) is 5.06. The van der Waals surface area contributed by atoms with Crippen LogP contribution in [0.5, 0.6) is 0 Å². The van der Waals surface area contributed by atoms with Gasteiger partial charge in [-0.3, -0.25) is 4.57 Å². The van der Waals surface area contributed by atoms with Crippen molar-refractivity contribution in [2.24, 2.45) is 0 Å². The topological polar surface area (TPSA) is 31.0 Å². The van der Waals surface area contributed by atoms with Crippen LogP contribution in [-0.2, 0) is 6.42 Å². The zero-order chi connectivity index (χ0) is 26.4. The van der Waals surface area contributed by atoms with Gasteiger partial charge in [0.15, 0.2) is 0 Å². The van der Waals surface area contributed by atoms with Crippen LogP contribution in [0, 0.1) is 0 Å². The van der Waals surface area contributed by atoms with Crippen molar-refractivity contribution in [2.75, 3.05) is 0 Å². The van der Waals surface area contributed by atoms with Crippen molar-refractivity contribution in [3.63, 3.8) is 0 Å². The van der Waals surface area contributed by atoms with Gasteiger partial charge in [0.05, 0.1) is 11.0 Å². The first-order valence-electron chi connectivity index (χ1n) is 13.9. The highest BCUT2D eigenvalue weighted by atomic mass is 16.3. The molecule has 0 fully saturated rings. The van der Waals surface area contributed by atoms with E-state index in [9.17, 15) is 0 Å². The molecular weight excluding hydrogens is 488 g/mol. The summed E-state index contributed by atoms with van der Waals surface area (Å²) < 4.78 is 8.77. The van der Waals surface area contributed by atoms with Gasteiger partial charge in [0.25, 0.3) is 0 Å². The summed E-state index contributed by atoms with van der Waals surface area (Å²) in [4.78, 5) is 4.93. The second-order valence-corrected chi connectivity index (χ2v) is 10.6. The first-order valence-corrected chi connectivity index (χ1v) is 13.9. The predicted octanol–water partition coefficient (Wildman–Crippen LogP) is 10.1. The predicted molar refractivity (Wildman–Crippen MR) is 168 cm³/mol. The highest BCUT2D eigenvalue weighted by Gasteiger charge is 2.19. The van der Waals surface area contributed by atoms with Crippen molar-refractivity contribution in [1.29, 1.82) is 0 Å². The molecule has 0 bridgehead atoms. The quantitative estimate of drug-likeness (QED) is 0.216. The van der Waals surface area contributed by atoms with E-state index in [1.807, 2.05) is 0 Å². The van der Waals surface area contributed by atoms with Gasteiger partial charge in [-0.25, -0.2) is 4.98 Å². The van der Waals surface area contributed by atoms with Crippen molar-refractivity contribution in [3.8, 4) is 5.69 Å². The van der Waals surface area contributed by atoms with Crippen molar-refractivity contribution < 1.29 is 4.42 Å². The molecule has 9 aromatic rings. The van der Waals surface area contributed by atoms with E-state index in [1.165, 1.54) is 48.5 Å². The molecule has 0 N–H and O–H groups in total. The van der Waals surface area contributed by atoms with Crippen molar-refractivity contribution >= 4 is 76.1 Å². The molecule has 0 saturated carbocycles. The van der Waals surface area contributed by atoms with E-state index in [1.54, 1.807) is 0 Å². The molecule has 7 aromatic carbocycles. The van der Waals surface area contributed by atoms with E-state index in [0.29, 0.717) is 0 Å².